The lowest BCUT2D eigenvalue weighted by Crippen LogP contribution is -2.33. The Hall–Kier alpha value is -1.43. The second-order valence-corrected chi connectivity index (χ2v) is 7.31. The van der Waals surface area contributed by atoms with Crippen molar-refractivity contribution in [1.29, 1.82) is 0 Å². The van der Waals surface area contributed by atoms with Crippen LogP contribution in [-0.4, -0.2) is 16.3 Å². The molecule has 1 heterocycles. The number of rotatable bonds is 7. The van der Waals surface area contributed by atoms with Gasteiger partial charge in [0.15, 0.2) is 6.79 Å². The molecule has 0 aliphatic heterocycles. The molecule has 26 heavy (non-hydrogen) atoms. The van der Waals surface area contributed by atoms with E-state index in [0.29, 0.717) is 27.2 Å². The van der Waals surface area contributed by atoms with Gasteiger partial charge in [0.05, 0.1) is 11.3 Å². The molecule has 0 bridgehead atoms. The Morgan fingerprint density at radius 1 is 1.00 bits per heavy atom. The molecule has 1 atom stereocenters. The van der Waals surface area contributed by atoms with E-state index in [1.807, 2.05) is 12.1 Å². The largest absolute Gasteiger partial charge is 0.466 e. The molecule has 0 fully saturated rings. The fourth-order valence-corrected chi connectivity index (χ4v) is 3.19. The monoisotopic (exact) mass is 430 g/mol. The highest BCUT2D eigenvalue weighted by atomic mass is 35.5. The molecule has 8 heteroatoms. The predicted molar refractivity (Wildman–Crippen MR) is 104 cm³/mol. The van der Waals surface area contributed by atoms with Crippen molar-refractivity contribution in [3.05, 3.63) is 81.8 Å². The standard InChI is InChI=1S/C18H14Cl4N2O2/c19-14-3-1-13(2-4-14)10-18(22,24-8-7-23-11-24)26-12-25-17-6-5-15(20)9-16(17)21/h1-9,11H,10,12H2. The van der Waals surface area contributed by atoms with Gasteiger partial charge in [0.1, 0.15) is 5.75 Å². The first-order chi connectivity index (χ1) is 12.5. The molecule has 2 aromatic carbocycles. The molecule has 0 spiro atoms. The number of nitrogens with zero attached hydrogens (tertiary/aromatic N) is 2. The molecule has 3 rings (SSSR count). The van der Waals surface area contributed by atoms with E-state index in [1.54, 1.807) is 53.6 Å². The summed E-state index contributed by atoms with van der Waals surface area (Å²) in [6, 6.07) is 12.3. The minimum absolute atomic E-state index is 0.114. The predicted octanol–water partition coefficient (Wildman–Crippen LogP) is 5.99. The summed E-state index contributed by atoms with van der Waals surface area (Å²) < 4.78 is 13.1. The highest BCUT2D eigenvalue weighted by Crippen LogP contribution is 2.31. The Morgan fingerprint density at radius 2 is 1.73 bits per heavy atom. The molecule has 1 aromatic heterocycles. The third-order valence-corrected chi connectivity index (χ3v) is 4.83. The normalized spacial score (nSPS) is 13.4. The quantitative estimate of drug-likeness (QED) is 0.340. The molecule has 0 amide bonds. The molecule has 136 valence electrons. The maximum atomic E-state index is 6.75. The molecule has 1 unspecified atom stereocenters. The van der Waals surface area contributed by atoms with E-state index in [0.717, 1.165) is 5.56 Å². The van der Waals surface area contributed by atoms with Gasteiger partial charge >= 0.3 is 0 Å². The average molecular weight is 432 g/mol. The van der Waals surface area contributed by atoms with Crippen molar-refractivity contribution >= 4 is 46.4 Å². The van der Waals surface area contributed by atoms with Gasteiger partial charge in [-0.2, -0.15) is 0 Å². The van der Waals surface area contributed by atoms with E-state index in [9.17, 15) is 0 Å². The topological polar surface area (TPSA) is 36.3 Å². The van der Waals surface area contributed by atoms with Crippen LogP contribution in [0.5, 0.6) is 5.75 Å². The number of hydrogen-bond donors (Lipinski definition) is 0. The van der Waals surface area contributed by atoms with Gasteiger partial charge in [-0.15, -0.1) is 0 Å². The summed E-state index contributed by atoms with van der Waals surface area (Å²) in [5.41, 5.74) is 0.947. The number of benzene rings is 2. The molecule has 0 aliphatic carbocycles. The van der Waals surface area contributed by atoms with Crippen molar-refractivity contribution in [2.75, 3.05) is 6.79 Å². The van der Waals surface area contributed by atoms with Crippen LogP contribution in [0, 0.1) is 0 Å². The first-order valence-electron chi connectivity index (χ1n) is 7.60. The van der Waals surface area contributed by atoms with Gasteiger partial charge in [-0.05, 0) is 35.9 Å². The van der Waals surface area contributed by atoms with Gasteiger partial charge in [0.25, 0.3) is 0 Å². The van der Waals surface area contributed by atoms with Crippen molar-refractivity contribution in [2.45, 2.75) is 11.6 Å². The van der Waals surface area contributed by atoms with Gasteiger partial charge in [-0.1, -0.05) is 58.5 Å². The van der Waals surface area contributed by atoms with Crippen LogP contribution in [0.25, 0.3) is 0 Å². The van der Waals surface area contributed by atoms with Crippen molar-refractivity contribution < 1.29 is 9.47 Å². The Balaban J connectivity index is 1.73. The van der Waals surface area contributed by atoms with Gasteiger partial charge < -0.3 is 9.47 Å². The molecule has 0 saturated carbocycles. The minimum atomic E-state index is -1.22. The summed E-state index contributed by atoms with van der Waals surface area (Å²) in [6.45, 7) is -0.114. The zero-order chi connectivity index (χ0) is 18.6. The third-order valence-electron chi connectivity index (χ3n) is 3.61. The molecule has 4 nitrogen and oxygen atoms in total. The average Bonchev–Trinajstić information content (AvgIpc) is 3.14. The Labute approximate surface area is 171 Å². The van der Waals surface area contributed by atoms with Crippen LogP contribution in [0.3, 0.4) is 0 Å². The molecule has 0 radical (unpaired) electrons. The lowest BCUT2D eigenvalue weighted by atomic mass is 10.1. The molecule has 0 saturated heterocycles. The number of imidazole rings is 1. The summed E-state index contributed by atoms with van der Waals surface area (Å²) in [5, 5.41) is 0.347. The number of hydrogen-bond acceptors (Lipinski definition) is 3. The molecular formula is C18H14Cl4N2O2. The minimum Gasteiger partial charge on any atom is -0.466 e. The molecule has 0 aliphatic rings. The van der Waals surface area contributed by atoms with Gasteiger partial charge in [0.2, 0.25) is 5.18 Å². The number of halogens is 4. The fourth-order valence-electron chi connectivity index (χ4n) is 2.30. The van der Waals surface area contributed by atoms with Crippen LogP contribution in [0.1, 0.15) is 5.56 Å². The fraction of sp³-hybridized carbons (Fsp3) is 0.167. The smallest absolute Gasteiger partial charge is 0.230 e. The van der Waals surface area contributed by atoms with Crippen LogP contribution in [0.2, 0.25) is 15.1 Å². The van der Waals surface area contributed by atoms with Crippen molar-refractivity contribution in [1.82, 2.24) is 9.55 Å². The summed E-state index contributed by atoms with van der Waals surface area (Å²) >= 11 is 24.7. The second-order valence-electron chi connectivity index (χ2n) is 5.44. The maximum Gasteiger partial charge on any atom is 0.230 e. The molecule has 3 aromatic rings. The van der Waals surface area contributed by atoms with Crippen molar-refractivity contribution in [3.8, 4) is 5.75 Å². The van der Waals surface area contributed by atoms with E-state index < -0.39 is 5.18 Å². The van der Waals surface area contributed by atoms with Crippen LogP contribution >= 0.6 is 46.4 Å². The summed E-state index contributed by atoms with van der Waals surface area (Å²) in [4.78, 5) is 4.03. The van der Waals surface area contributed by atoms with E-state index in [-0.39, 0.29) is 6.79 Å². The molecular weight excluding hydrogens is 418 g/mol. The van der Waals surface area contributed by atoms with Gasteiger partial charge in [-0.25, -0.2) is 4.98 Å². The van der Waals surface area contributed by atoms with Gasteiger partial charge in [-0.3, -0.25) is 4.57 Å². The lowest BCUT2D eigenvalue weighted by molar-refractivity contribution is -0.101. The highest BCUT2D eigenvalue weighted by Gasteiger charge is 2.31. The molecule has 0 N–H and O–H groups in total. The first kappa shape index (κ1) is 19.3. The van der Waals surface area contributed by atoms with Crippen LogP contribution in [-0.2, 0) is 16.3 Å². The van der Waals surface area contributed by atoms with Crippen LogP contribution in [0.15, 0.2) is 61.2 Å². The summed E-state index contributed by atoms with van der Waals surface area (Å²) in [6.07, 6.45) is 5.30. The first-order valence-corrected chi connectivity index (χ1v) is 9.11. The highest BCUT2D eigenvalue weighted by molar-refractivity contribution is 6.35. The zero-order valence-electron chi connectivity index (χ0n) is 13.4. The van der Waals surface area contributed by atoms with Crippen molar-refractivity contribution in [3.63, 3.8) is 0 Å². The van der Waals surface area contributed by atoms with Crippen LogP contribution in [0.4, 0.5) is 0 Å². The van der Waals surface area contributed by atoms with Gasteiger partial charge in [0, 0.05) is 28.9 Å². The number of ether oxygens (including phenoxy) is 2. The number of alkyl halides is 1. The Morgan fingerprint density at radius 3 is 2.38 bits per heavy atom. The second kappa shape index (κ2) is 8.51. The Bertz CT molecular complexity index is 856. The maximum absolute atomic E-state index is 6.75. The lowest BCUT2D eigenvalue weighted by Gasteiger charge is -2.28. The number of aromatic nitrogens is 2. The van der Waals surface area contributed by atoms with Crippen LogP contribution < -0.4 is 4.74 Å². The Kier molecular flexibility index (Phi) is 6.33. The van der Waals surface area contributed by atoms with E-state index >= 15 is 0 Å². The van der Waals surface area contributed by atoms with Crippen molar-refractivity contribution in [2.24, 2.45) is 0 Å². The van der Waals surface area contributed by atoms with E-state index in [2.05, 4.69) is 4.98 Å². The SMILES string of the molecule is Clc1ccc(CC(Cl)(OCOc2ccc(Cl)cc2Cl)n2ccnc2)cc1. The zero-order valence-corrected chi connectivity index (χ0v) is 16.4. The third kappa shape index (κ3) is 4.84. The van der Waals surface area contributed by atoms with E-state index in [1.165, 1.54) is 0 Å². The van der Waals surface area contributed by atoms with E-state index in [4.69, 9.17) is 55.9 Å². The summed E-state index contributed by atoms with van der Waals surface area (Å²) in [7, 11) is 0. The summed E-state index contributed by atoms with van der Waals surface area (Å²) in [5.74, 6) is 0.451.